The molecule has 0 aromatic rings. The summed E-state index contributed by atoms with van der Waals surface area (Å²) in [4.78, 5) is 0. The molecule has 0 saturated carbocycles. The van der Waals surface area contributed by atoms with Crippen LogP contribution in [-0.2, 0) is 4.74 Å². The highest BCUT2D eigenvalue weighted by atomic mass is 16.5. The molecule has 10 heavy (non-hydrogen) atoms. The molecule has 0 bridgehead atoms. The maximum absolute atomic E-state index is 8.62. The molecule has 3 nitrogen and oxygen atoms in total. The molecule has 3 heteroatoms. The first-order chi connectivity index (χ1) is 4.63. The van der Waals surface area contributed by atoms with E-state index in [2.05, 4.69) is 0 Å². The molecule has 0 heterocycles. The molecule has 0 aliphatic heterocycles. The van der Waals surface area contributed by atoms with E-state index in [4.69, 9.17) is 14.9 Å². The van der Waals surface area contributed by atoms with Crippen LogP contribution in [0, 0.1) is 0 Å². The maximum atomic E-state index is 8.62. The molecular weight excluding hydrogens is 132 g/mol. The van der Waals surface area contributed by atoms with Crippen LogP contribution in [0.25, 0.3) is 0 Å². The number of hydrogen-bond acceptors (Lipinski definition) is 3. The minimum atomic E-state index is 0.115. The van der Waals surface area contributed by atoms with Crippen molar-refractivity contribution < 1.29 is 14.9 Å². The van der Waals surface area contributed by atoms with Crippen LogP contribution < -0.4 is 0 Å². The Morgan fingerprint density at radius 1 is 1.30 bits per heavy atom. The van der Waals surface area contributed by atoms with Crippen LogP contribution in [-0.4, -0.2) is 16.8 Å². The molecular formula is C7H12O3. The van der Waals surface area contributed by atoms with Gasteiger partial charge in [-0.15, -0.1) is 0 Å². The van der Waals surface area contributed by atoms with Gasteiger partial charge in [0.05, 0.1) is 5.76 Å². The SMILES string of the molecule is C/C(O)=C/CO/C=C(\C)O. The second-order valence-electron chi connectivity index (χ2n) is 1.94. The van der Waals surface area contributed by atoms with Gasteiger partial charge in [-0.1, -0.05) is 0 Å². The van der Waals surface area contributed by atoms with Crippen molar-refractivity contribution in [2.75, 3.05) is 6.61 Å². The fraction of sp³-hybridized carbons (Fsp3) is 0.429. The lowest BCUT2D eigenvalue weighted by Crippen LogP contribution is -1.84. The zero-order valence-corrected chi connectivity index (χ0v) is 6.16. The van der Waals surface area contributed by atoms with Gasteiger partial charge in [-0.3, -0.25) is 0 Å². The molecule has 0 fully saturated rings. The first-order valence-corrected chi connectivity index (χ1v) is 2.96. The lowest BCUT2D eigenvalue weighted by atomic mass is 10.5. The van der Waals surface area contributed by atoms with Gasteiger partial charge in [0.2, 0.25) is 0 Å². The molecule has 0 aliphatic rings. The summed E-state index contributed by atoms with van der Waals surface area (Å²) in [6, 6.07) is 0. The van der Waals surface area contributed by atoms with Gasteiger partial charge >= 0.3 is 0 Å². The highest BCUT2D eigenvalue weighted by Crippen LogP contribution is 1.88. The Hall–Kier alpha value is -1.12. The molecule has 0 aromatic heterocycles. The third-order valence-corrected chi connectivity index (χ3v) is 0.729. The van der Waals surface area contributed by atoms with Crippen molar-refractivity contribution in [3.8, 4) is 0 Å². The Kier molecular flexibility index (Phi) is 4.20. The van der Waals surface area contributed by atoms with E-state index in [1.165, 1.54) is 19.3 Å². The Labute approximate surface area is 60.3 Å². The van der Waals surface area contributed by atoms with E-state index in [0.29, 0.717) is 0 Å². The summed E-state index contributed by atoms with van der Waals surface area (Å²) in [6.45, 7) is 3.34. The van der Waals surface area contributed by atoms with E-state index in [9.17, 15) is 0 Å². The van der Waals surface area contributed by atoms with Crippen LogP contribution in [0.4, 0.5) is 0 Å². The number of hydrogen-bond donors (Lipinski definition) is 2. The largest absolute Gasteiger partial charge is 0.513 e. The molecule has 0 aliphatic carbocycles. The molecule has 58 valence electrons. The van der Waals surface area contributed by atoms with E-state index in [-0.39, 0.29) is 18.1 Å². The average Bonchev–Trinajstić information content (AvgIpc) is 1.79. The summed E-state index contributed by atoms with van der Waals surface area (Å²) in [7, 11) is 0. The fourth-order valence-electron chi connectivity index (χ4n) is 0.337. The van der Waals surface area contributed by atoms with Crippen molar-refractivity contribution >= 4 is 0 Å². The minimum absolute atomic E-state index is 0.115. The van der Waals surface area contributed by atoms with Crippen molar-refractivity contribution in [3.05, 3.63) is 23.9 Å². The van der Waals surface area contributed by atoms with Gasteiger partial charge in [-0.25, -0.2) is 0 Å². The predicted molar refractivity (Wildman–Crippen MR) is 38.7 cm³/mol. The monoisotopic (exact) mass is 144 g/mol. The second kappa shape index (κ2) is 4.73. The summed E-state index contributed by atoms with van der Waals surface area (Å²) in [5.41, 5.74) is 0. The van der Waals surface area contributed by atoms with E-state index in [0.717, 1.165) is 0 Å². The predicted octanol–water partition coefficient (Wildman–Crippen LogP) is 1.88. The number of rotatable bonds is 3. The van der Waals surface area contributed by atoms with Crippen LogP contribution in [0.3, 0.4) is 0 Å². The molecule has 0 amide bonds. The van der Waals surface area contributed by atoms with Crippen LogP contribution in [0.2, 0.25) is 0 Å². The Morgan fingerprint density at radius 3 is 2.30 bits per heavy atom. The Balaban J connectivity index is 3.39. The van der Waals surface area contributed by atoms with Gasteiger partial charge in [-0.2, -0.15) is 0 Å². The van der Waals surface area contributed by atoms with Crippen molar-refractivity contribution in [2.24, 2.45) is 0 Å². The molecule has 2 N–H and O–H groups in total. The molecule has 0 spiro atoms. The van der Waals surface area contributed by atoms with Crippen LogP contribution in [0.1, 0.15) is 13.8 Å². The Bertz CT molecular complexity index is 121. The summed E-state index contributed by atoms with van der Waals surface area (Å²) in [5, 5.41) is 17.2. The van der Waals surface area contributed by atoms with Crippen molar-refractivity contribution in [1.82, 2.24) is 0 Å². The van der Waals surface area contributed by atoms with Gasteiger partial charge < -0.3 is 14.9 Å². The second-order valence-corrected chi connectivity index (χ2v) is 1.94. The number of ether oxygens (including phenoxy) is 1. The van der Waals surface area contributed by atoms with Crippen LogP contribution >= 0.6 is 0 Å². The first-order valence-electron chi connectivity index (χ1n) is 2.96. The highest BCUT2D eigenvalue weighted by molar-refractivity contribution is 4.87. The van der Waals surface area contributed by atoms with Crippen LogP contribution in [0.15, 0.2) is 23.9 Å². The molecule has 0 saturated heterocycles. The lowest BCUT2D eigenvalue weighted by Gasteiger charge is -1.94. The van der Waals surface area contributed by atoms with Crippen LogP contribution in [0.5, 0.6) is 0 Å². The van der Waals surface area contributed by atoms with Crippen molar-refractivity contribution in [1.29, 1.82) is 0 Å². The quantitative estimate of drug-likeness (QED) is 0.469. The van der Waals surface area contributed by atoms with E-state index in [1.807, 2.05) is 0 Å². The van der Waals surface area contributed by atoms with E-state index < -0.39 is 0 Å². The van der Waals surface area contributed by atoms with Gasteiger partial charge in [0, 0.05) is 0 Å². The smallest absolute Gasteiger partial charge is 0.123 e. The zero-order chi connectivity index (χ0) is 7.98. The molecule has 0 aromatic carbocycles. The summed E-state index contributed by atoms with van der Waals surface area (Å²) in [5.74, 6) is 0.327. The molecule has 0 unspecified atom stereocenters. The van der Waals surface area contributed by atoms with E-state index in [1.54, 1.807) is 6.92 Å². The normalized spacial score (nSPS) is 13.4. The number of aliphatic hydroxyl groups is 2. The summed E-state index contributed by atoms with van der Waals surface area (Å²) in [6.07, 6.45) is 2.72. The zero-order valence-electron chi connectivity index (χ0n) is 6.16. The maximum Gasteiger partial charge on any atom is 0.123 e. The van der Waals surface area contributed by atoms with Gasteiger partial charge in [0.1, 0.15) is 18.6 Å². The van der Waals surface area contributed by atoms with E-state index >= 15 is 0 Å². The minimum Gasteiger partial charge on any atom is -0.513 e. The van der Waals surface area contributed by atoms with Gasteiger partial charge in [-0.05, 0) is 19.9 Å². The number of aliphatic hydroxyl groups excluding tert-OH is 2. The highest BCUT2D eigenvalue weighted by Gasteiger charge is 1.81. The average molecular weight is 144 g/mol. The Morgan fingerprint density at radius 2 is 1.90 bits per heavy atom. The van der Waals surface area contributed by atoms with Crippen molar-refractivity contribution in [2.45, 2.75) is 13.8 Å². The van der Waals surface area contributed by atoms with Gasteiger partial charge in [0.25, 0.3) is 0 Å². The van der Waals surface area contributed by atoms with Gasteiger partial charge in [0.15, 0.2) is 0 Å². The molecule has 0 atom stereocenters. The van der Waals surface area contributed by atoms with Crippen molar-refractivity contribution in [3.63, 3.8) is 0 Å². The molecule has 0 radical (unpaired) electrons. The topological polar surface area (TPSA) is 49.7 Å². The first kappa shape index (κ1) is 8.88. The third-order valence-electron chi connectivity index (χ3n) is 0.729. The fourth-order valence-corrected chi connectivity index (χ4v) is 0.337. The third kappa shape index (κ3) is 6.88. The summed E-state index contributed by atoms with van der Waals surface area (Å²) < 4.78 is 4.76. The molecule has 0 rings (SSSR count). The standard InChI is InChI=1S/C7H12O3/c1-6(8)3-4-10-5-7(2)9/h3,5,8-9H,4H2,1-2H3/b6-3-,7-5+. The number of allylic oxidation sites excluding steroid dienone is 2. The lowest BCUT2D eigenvalue weighted by molar-refractivity contribution is 0.257. The summed E-state index contributed by atoms with van der Waals surface area (Å²) >= 11 is 0.